The van der Waals surface area contributed by atoms with Gasteiger partial charge in [0.05, 0.1) is 11.2 Å². The predicted octanol–water partition coefficient (Wildman–Crippen LogP) is 2.22. The number of aliphatic hydroxyl groups is 1. The van der Waals surface area contributed by atoms with Gasteiger partial charge in [-0.05, 0) is 25.5 Å². The number of aliphatic hydroxyl groups excluding tert-OH is 1. The van der Waals surface area contributed by atoms with Crippen LogP contribution in [0.2, 0.25) is 0 Å². The monoisotopic (exact) mass is 261 g/mol. The summed E-state index contributed by atoms with van der Waals surface area (Å²) in [5.74, 6) is 0. The first kappa shape index (κ1) is 14.0. The fraction of sp³-hybridized carbons (Fsp3) is 0.533. The lowest BCUT2D eigenvalue weighted by Gasteiger charge is -2.03. The molecule has 0 unspecified atom stereocenters. The highest BCUT2D eigenvalue weighted by Gasteiger charge is 2.06. The molecule has 1 aromatic carbocycles. The molecule has 0 aliphatic heterocycles. The molecule has 0 aliphatic carbocycles. The number of para-hydroxylation sites is 1. The zero-order chi connectivity index (χ0) is 13.5. The summed E-state index contributed by atoms with van der Waals surface area (Å²) >= 11 is 0. The molecule has 0 fully saturated rings. The maximum Gasteiger partial charge on any atom is 0.0841 e. The Hall–Kier alpha value is -1.39. The Kier molecular flexibility index (Phi) is 5.36. The normalized spacial score (nSPS) is 11.3. The summed E-state index contributed by atoms with van der Waals surface area (Å²) in [6.07, 6.45) is 4.37. The van der Waals surface area contributed by atoms with E-state index in [0.29, 0.717) is 6.61 Å². The maximum atomic E-state index is 8.69. The average Bonchev–Trinajstić information content (AvgIpc) is 2.75. The number of fused-ring (bicyclic) bond motifs is 1. The summed E-state index contributed by atoms with van der Waals surface area (Å²) in [4.78, 5) is 0. The largest absolute Gasteiger partial charge is 0.396 e. The van der Waals surface area contributed by atoms with E-state index < -0.39 is 0 Å². The number of hydrogen-bond acceptors (Lipinski definition) is 3. The number of aryl methyl sites for hydroxylation is 1. The van der Waals surface area contributed by atoms with E-state index in [2.05, 4.69) is 28.6 Å². The Morgan fingerprint density at radius 2 is 1.95 bits per heavy atom. The summed E-state index contributed by atoms with van der Waals surface area (Å²) in [6, 6.07) is 8.33. The second kappa shape index (κ2) is 7.26. The minimum Gasteiger partial charge on any atom is -0.396 e. The number of nitrogens with one attached hydrogen (secondary N) is 1. The van der Waals surface area contributed by atoms with Crippen molar-refractivity contribution in [3.05, 3.63) is 30.0 Å². The van der Waals surface area contributed by atoms with Crippen molar-refractivity contribution in [2.24, 2.45) is 7.05 Å². The van der Waals surface area contributed by atoms with Crippen molar-refractivity contribution in [2.45, 2.75) is 32.2 Å². The molecule has 4 heteroatoms. The molecule has 2 rings (SSSR count). The van der Waals surface area contributed by atoms with Crippen LogP contribution in [-0.2, 0) is 13.6 Å². The maximum absolute atomic E-state index is 8.69. The molecule has 2 aromatic rings. The fourth-order valence-electron chi connectivity index (χ4n) is 2.34. The zero-order valence-corrected chi connectivity index (χ0v) is 11.6. The predicted molar refractivity (Wildman–Crippen MR) is 78.0 cm³/mol. The highest BCUT2D eigenvalue weighted by molar-refractivity contribution is 5.81. The second-order valence-electron chi connectivity index (χ2n) is 4.90. The number of nitrogens with zero attached hydrogens (tertiary/aromatic N) is 2. The number of rotatable bonds is 8. The number of unbranched alkanes of at least 4 members (excludes halogenated alkanes) is 3. The van der Waals surface area contributed by atoms with Crippen LogP contribution in [0.1, 0.15) is 31.4 Å². The van der Waals surface area contributed by atoms with Crippen LogP contribution in [0.3, 0.4) is 0 Å². The van der Waals surface area contributed by atoms with Crippen LogP contribution < -0.4 is 5.32 Å². The third-order valence-electron chi connectivity index (χ3n) is 3.39. The lowest BCUT2D eigenvalue weighted by atomic mass is 10.2. The Bertz CT molecular complexity index is 507. The Labute approximate surface area is 114 Å². The van der Waals surface area contributed by atoms with E-state index in [1.807, 2.05) is 17.8 Å². The topological polar surface area (TPSA) is 50.1 Å². The first-order chi connectivity index (χ1) is 9.33. The van der Waals surface area contributed by atoms with Gasteiger partial charge in [-0.25, -0.2) is 0 Å². The average molecular weight is 261 g/mol. The van der Waals surface area contributed by atoms with Crippen LogP contribution in [0, 0.1) is 0 Å². The molecule has 0 radical (unpaired) electrons. The van der Waals surface area contributed by atoms with E-state index in [9.17, 15) is 0 Å². The molecular formula is C15H23N3O. The van der Waals surface area contributed by atoms with Crippen molar-refractivity contribution in [2.75, 3.05) is 13.2 Å². The van der Waals surface area contributed by atoms with Crippen LogP contribution in [0.25, 0.3) is 10.9 Å². The molecule has 0 saturated heterocycles. The second-order valence-corrected chi connectivity index (χ2v) is 4.90. The standard InChI is InChI=1S/C15H23N3O/c1-18-15-9-5-4-8-13(15)14(17-18)12-16-10-6-2-3-7-11-19/h4-5,8-9,16,19H,2-3,6-7,10-12H2,1H3. The highest BCUT2D eigenvalue weighted by atomic mass is 16.2. The molecule has 0 aliphatic rings. The lowest BCUT2D eigenvalue weighted by molar-refractivity contribution is 0.282. The van der Waals surface area contributed by atoms with Crippen LogP contribution >= 0.6 is 0 Å². The van der Waals surface area contributed by atoms with Crippen molar-refractivity contribution in [3.63, 3.8) is 0 Å². The smallest absolute Gasteiger partial charge is 0.0841 e. The molecule has 0 spiro atoms. The van der Waals surface area contributed by atoms with Gasteiger partial charge in [-0.2, -0.15) is 5.10 Å². The first-order valence-electron chi connectivity index (χ1n) is 7.05. The summed E-state index contributed by atoms with van der Waals surface area (Å²) < 4.78 is 1.94. The van der Waals surface area contributed by atoms with Crippen molar-refractivity contribution >= 4 is 10.9 Å². The summed E-state index contributed by atoms with van der Waals surface area (Å²) in [7, 11) is 1.99. The summed E-state index contributed by atoms with van der Waals surface area (Å²) in [5.41, 5.74) is 2.30. The molecule has 1 heterocycles. The zero-order valence-electron chi connectivity index (χ0n) is 11.6. The van der Waals surface area contributed by atoms with Gasteiger partial charge in [0.25, 0.3) is 0 Å². The minimum atomic E-state index is 0.313. The Balaban J connectivity index is 1.79. The molecule has 0 amide bonds. The van der Waals surface area contributed by atoms with E-state index in [1.54, 1.807) is 0 Å². The van der Waals surface area contributed by atoms with Crippen LogP contribution in [0.4, 0.5) is 0 Å². The molecule has 0 saturated carbocycles. The third-order valence-corrected chi connectivity index (χ3v) is 3.39. The van der Waals surface area contributed by atoms with Gasteiger partial charge in [0.2, 0.25) is 0 Å². The van der Waals surface area contributed by atoms with E-state index in [1.165, 1.54) is 17.3 Å². The van der Waals surface area contributed by atoms with Gasteiger partial charge in [-0.3, -0.25) is 4.68 Å². The molecular weight excluding hydrogens is 238 g/mol. The Morgan fingerprint density at radius 1 is 1.16 bits per heavy atom. The van der Waals surface area contributed by atoms with Crippen LogP contribution in [0.15, 0.2) is 24.3 Å². The van der Waals surface area contributed by atoms with Gasteiger partial charge in [-0.1, -0.05) is 31.0 Å². The highest BCUT2D eigenvalue weighted by Crippen LogP contribution is 2.16. The molecule has 4 nitrogen and oxygen atoms in total. The summed E-state index contributed by atoms with van der Waals surface area (Å²) in [5, 5.41) is 17.9. The first-order valence-corrected chi connectivity index (χ1v) is 7.05. The van der Waals surface area contributed by atoms with Gasteiger partial charge in [0, 0.05) is 25.6 Å². The quantitative estimate of drug-likeness (QED) is 0.716. The minimum absolute atomic E-state index is 0.313. The fourth-order valence-corrected chi connectivity index (χ4v) is 2.34. The van der Waals surface area contributed by atoms with Crippen molar-refractivity contribution in [3.8, 4) is 0 Å². The van der Waals surface area contributed by atoms with Gasteiger partial charge < -0.3 is 10.4 Å². The number of aromatic nitrogens is 2. The van der Waals surface area contributed by atoms with E-state index >= 15 is 0 Å². The molecule has 0 bridgehead atoms. The van der Waals surface area contributed by atoms with Crippen molar-refractivity contribution in [1.29, 1.82) is 0 Å². The molecule has 0 atom stereocenters. The van der Waals surface area contributed by atoms with Crippen molar-refractivity contribution < 1.29 is 5.11 Å². The van der Waals surface area contributed by atoms with Gasteiger partial charge in [0.1, 0.15) is 0 Å². The Morgan fingerprint density at radius 3 is 2.79 bits per heavy atom. The molecule has 2 N–H and O–H groups in total. The third kappa shape index (κ3) is 3.78. The SMILES string of the molecule is Cn1nc(CNCCCCCCO)c2ccccc21. The van der Waals surface area contributed by atoms with E-state index in [0.717, 1.165) is 38.0 Å². The van der Waals surface area contributed by atoms with Crippen molar-refractivity contribution in [1.82, 2.24) is 15.1 Å². The number of hydrogen-bond donors (Lipinski definition) is 2. The molecule has 104 valence electrons. The van der Waals surface area contributed by atoms with E-state index in [4.69, 9.17) is 5.11 Å². The molecule has 1 aromatic heterocycles. The number of benzene rings is 1. The van der Waals surface area contributed by atoms with Crippen LogP contribution in [-0.4, -0.2) is 28.0 Å². The van der Waals surface area contributed by atoms with E-state index in [-0.39, 0.29) is 0 Å². The van der Waals surface area contributed by atoms with Crippen LogP contribution in [0.5, 0.6) is 0 Å². The lowest BCUT2D eigenvalue weighted by Crippen LogP contribution is -2.15. The molecule has 19 heavy (non-hydrogen) atoms. The van der Waals surface area contributed by atoms with Gasteiger partial charge in [0.15, 0.2) is 0 Å². The summed E-state index contributed by atoms with van der Waals surface area (Å²) in [6.45, 7) is 2.14. The van der Waals surface area contributed by atoms with Gasteiger partial charge >= 0.3 is 0 Å². The van der Waals surface area contributed by atoms with Gasteiger partial charge in [-0.15, -0.1) is 0 Å².